The van der Waals surface area contributed by atoms with Crippen molar-refractivity contribution in [2.45, 2.75) is 27.4 Å². The summed E-state index contributed by atoms with van der Waals surface area (Å²) in [5.41, 5.74) is 2.14. The number of hydrogen-bond donors (Lipinski definition) is 1. The molecular formula is C20H25NO4. The maximum absolute atomic E-state index is 12.5. The largest absolute Gasteiger partial charge is 0.494 e. The Morgan fingerprint density at radius 2 is 1.64 bits per heavy atom. The van der Waals surface area contributed by atoms with Crippen LogP contribution in [0.2, 0.25) is 0 Å². The van der Waals surface area contributed by atoms with Gasteiger partial charge in [0.15, 0.2) is 0 Å². The van der Waals surface area contributed by atoms with Gasteiger partial charge in [0.1, 0.15) is 11.5 Å². The van der Waals surface area contributed by atoms with Crippen LogP contribution in [0.1, 0.15) is 36.7 Å². The number of hydrogen-bond acceptors (Lipinski definition) is 4. The molecule has 0 unspecified atom stereocenters. The number of amides is 1. The zero-order chi connectivity index (χ0) is 18.1. The SMILES string of the molecule is CCOCc1cc(C(=O)Nc2ccc(OCC)cc2)ccc1OCC. The summed E-state index contributed by atoms with van der Waals surface area (Å²) in [4.78, 5) is 12.5. The van der Waals surface area contributed by atoms with Gasteiger partial charge in [0, 0.05) is 23.4 Å². The molecule has 0 aliphatic rings. The molecule has 2 aromatic carbocycles. The summed E-state index contributed by atoms with van der Waals surface area (Å²) in [7, 11) is 0. The van der Waals surface area contributed by atoms with E-state index in [4.69, 9.17) is 14.2 Å². The van der Waals surface area contributed by atoms with Crippen LogP contribution in [0.4, 0.5) is 5.69 Å². The standard InChI is InChI=1S/C20H25NO4/c1-4-23-14-16-13-15(7-12-19(16)25-6-3)20(22)21-17-8-10-18(11-9-17)24-5-2/h7-13H,4-6,14H2,1-3H3,(H,21,22). The second-order valence-corrected chi connectivity index (χ2v) is 5.30. The summed E-state index contributed by atoms with van der Waals surface area (Å²) >= 11 is 0. The third-order valence-electron chi connectivity index (χ3n) is 3.51. The lowest BCUT2D eigenvalue weighted by Gasteiger charge is -2.12. The first-order valence-electron chi connectivity index (χ1n) is 8.55. The molecule has 25 heavy (non-hydrogen) atoms. The van der Waals surface area contributed by atoms with Gasteiger partial charge in [-0.05, 0) is 63.2 Å². The number of nitrogens with one attached hydrogen (secondary N) is 1. The highest BCUT2D eigenvalue weighted by atomic mass is 16.5. The molecule has 1 N–H and O–H groups in total. The lowest BCUT2D eigenvalue weighted by atomic mass is 10.1. The quantitative estimate of drug-likeness (QED) is 0.738. The Morgan fingerprint density at radius 1 is 0.920 bits per heavy atom. The first-order valence-corrected chi connectivity index (χ1v) is 8.55. The highest BCUT2D eigenvalue weighted by molar-refractivity contribution is 6.04. The van der Waals surface area contributed by atoms with E-state index >= 15 is 0 Å². The van der Waals surface area contributed by atoms with Gasteiger partial charge >= 0.3 is 0 Å². The third kappa shape index (κ3) is 5.50. The maximum atomic E-state index is 12.5. The van der Waals surface area contributed by atoms with Gasteiger partial charge in [-0.1, -0.05) is 0 Å². The molecule has 0 bridgehead atoms. The van der Waals surface area contributed by atoms with Gasteiger partial charge in [-0.25, -0.2) is 0 Å². The van der Waals surface area contributed by atoms with Gasteiger partial charge in [0.05, 0.1) is 19.8 Å². The van der Waals surface area contributed by atoms with Gasteiger partial charge in [-0.3, -0.25) is 4.79 Å². The van der Waals surface area contributed by atoms with E-state index in [2.05, 4.69) is 5.32 Å². The third-order valence-corrected chi connectivity index (χ3v) is 3.51. The Labute approximate surface area is 148 Å². The van der Waals surface area contributed by atoms with E-state index in [0.717, 1.165) is 17.1 Å². The predicted molar refractivity (Wildman–Crippen MR) is 98.5 cm³/mol. The van der Waals surface area contributed by atoms with E-state index in [1.165, 1.54) is 0 Å². The van der Waals surface area contributed by atoms with Crippen molar-refractivity contribution in [3.63, 3.8) is 0 Å². The minimum absolute atomic E-state index is 0.176. The summed E-state index contributed by atoms with van der Waals surface area (Å²) in [6, 6.07) is 12.7. The number of rotatable bonds is 9. The number of carbonyl (C=O) groups is 1. The van der Waals surface area contributed by atoms with Gasteiger partial charge in [0.2, 0.25) is 0 Å². The first-order chi connectivity index (χ1) is 12.2. The van der Waals surface area contributed by atoms with Crippen molar-refractivity contribution in [1.82, 2.24) is 0 Å². The molecule has 0 aromatic heterocycles. The number of benzene rings is 2. The zero-order valence-electron chi connectivity index (χ0n) is 15.0. The fourth-order valence-corrected chi connectivity index (χ4v) is 2.35. The first kappa shape index (κ1) is 18.8. The number of ether oxygens (including phenoxy) is 3. The molecule has 0 fully saturated rings. The molecule has 2 rings (SSSR count). The summed E-state index contributed by atoms with van der Waals surface area (Å²) in [6.45, 7) is 7.99. The lowest BCUT2D eigenvalue weighted by Crippen LogP contribution is -2.13. The van der Waals surface area contributed by atoms with E-state index in [1.54, 1.807) is 6.07 Å². The van der Waals surface area contributed by atoms with Crippen LogP contribution in [0, 0.1) is 0 Å². The van der Waals surface area contributed by atoms with Crippen LogP contribution in [0.25, 0.3) is 0 Å². The van der Waals surface area contributed by atoms with E-state index in [-0.39, 0.29) is 5.91 Å². The van der Waals surface area contributed by atoms with Gasteiger partial charge in [-0.15, -0.1) is 0 Å². The maximum Gasteiger partial charge on any atom is 0.255 e. The molecule has 0 heterocycles. The van der Waals surface area contributed by atoms with Crippen molar-refractivity contribution >= 4 is 11.6 Å². The Hall–Kier alpha value is -2.53. The predicted octanol–water partition coefficient (Wildman–Crippen LogP) is 4.27. The fraction of sp³-hybridized carbons (Fsp3) is 0.350. The minimum atomic E-state index is -0.176. The molecule has 2 aromatic rings. The molecule has 0 aliphatic heterocycles. The molecule has 0 radical (unpaired) electrons. The highest BCUT2D eigenvalue weighted by Gasteiger charge is 2.11. The molecule has 0 aliphatic carbocycles. The van der Waals surface area contributed by atoms with Crippen LogP contribution in [-0.2, 0) is 11.3 Å². The van der Waals surface area contributed by atoms with Crippen LogP contribution in [-0.4, -0.2) is 25.7 Å². The molecule has 5 heteroatoms. The van der Waals surface area contributed by atoms with Crippen LogP contribution >= 0.6 is 0 Å². The smallest absolute Gasteiger partial charge is 0.255 e. The van der Waals surface area contributed by atoms with Crippen molar-refractivity contribution in [3.8, 4) is 11.5 Å². The molecule has 5 nitrogen and oxygen atoms in total. The Bertz CT molecular complexity index is 683. The normalized spacial score (nSPS) is 10.4. The molecule has 134 valence electrons. The monoisotopic (exact) mass is 343 g/mol. The summed E-state index contributed by atoms with van der Waals surface area (Å²) in [5.74, 6) is 1.35. The van der Waals surface area contributed by atoms with Crippen molar-refractivity contribution < 1.29 is 19.0 Å². The van der Waals surface area contributed by atoms with Gasteiger partial charge < -0.3 is 19.5 Å². The molecule has 1 amide bonds. The highest BCUT2D eigenvalue weighted by Crippen LogP contribution is 2.22. The Kier molecular flexibility index (Phi) is 7.29. The minimum Gasteiger partial charge on any atom is -0.494 e. The number of carbonyl (C=O) groups excluding carboxylic acids is 1. The molecule has 0 saturated carbocycles. The topological polar surface area (TPSA) is 56.8 Å². The Balaban J connectivity index is 2.12. The van der Waals surface area contributed by atoms with Crippen molar-refractivity contribution in [2.24, 2.45) is 0 Å². The van der Waals surface area contributed by atoms with Gasteiger partial charge in [-0.2, -0.15) is 0 Å². The Morgan fingerprint density at radius 3 is 2.28 bits per heavy atom. The molecule has 0 saturated heterocycles. The van der Waals surface area contributed by atoms with E-state index in [9.17, 15) is 4.79 Å². The molecule has 0 spiro atoms. The molecular weight excluding hydrogens is 318 g/mol. The summed E-state index contributed by atoms with van der Waals surface area (Å²) in [6.07, 6.45) is 0. The van der Waals surface area contributed by atoms with Crippen molar-refractivity contribution in [1.29, 1.82) is 0 Å². The van der Waals surface area contributed by atoms with E-state index in [1.807, 2.05) is 57.2 Å². The van der Waals surface area contributed by atoms with Crippen LogP contribution in [0.15, 0.2) is 42.5 Å². The number of anilines is 1. The average molecular weight is 343 g/mol. The van der Waals surface area contributed by atoms with Crippen LogP contribution < -0.4 is 14.8 Å². The van der Waals surface area contributed by atoms with Gasteiger partial charge in [0.25, 0.3) is 5.91 Å². The average Bonchev–Trinajstić information content (AvgIpc) is 2.63. The lowest BCUT2D eigenvalue weighted by molar-refractivity contribution is 0.102. The summed E-state index contributed by atoms with van der Waals surface area (Å²) < 4.78 is 16.5. The van der Waals surface area contributed by atoms with E-state index < -0.39 is 0 Å². The van der Waals surface area contributed by atoms with Crippen molar-refractivity contribution in [3.05, 3.63) is 53.6 Å². The van der Waals surface area contributed by atoms with E-state index in [0.29, 0.717) is 37.7 Å². The fourth-order valence-electron chi connectivity index (χ4n) is 2.35. The van der Waals surface area contributed by atoms with Crippen molar-refractivity contribution in [2.75, 3.05) is 25.1 Å². The van der Waals surface area contributed by atoms with Crippen LogP contribution in [0.5, 0.6) is 11.5 Å². The molecule has 0 atom stereocenters. The second kappa shape index (κ2) is 9.69. The second-order valence-electron chi connectivity index (χ2n) is 5.30. The van der Waals surface area contributed by atoms with Crippen LogP contribution in [0.3, 0.4) is 0 Å². The zero-order valence-corrected chi connectivity index (χ0v) is 15.0. The summed E-state index contributed by atoms with van der Waals surface area (Å²) in [5, 5.41) is 2.89.